The molecule has 0 saturated heterocycles. The van der Waals surface area contributed by atoms with E-state index in [1.54, 1.807) is 18.2 Å². The zero-order valence-electron chi connectivity index (χ0n) is 12.2. The van der Waals surface area contributed by atoms with Gasteiger partial charge in [-0.15, -0.1) is 0 Å². The van der Waals surface area contributed by atoms with E-state index >= 15 is 4.39 Å². The van der Waals surface area contributed by atoms with Crippen molar-refractivity contribution < 1.29 is 17.6 Å². The Hall–Kier alpha value is -2.28. The Kier molecular flexibility index (Phi) is 4.36. The zero-order chi connectivity index (χ0) is 17.3. The van der Waals surface area contributed by atoms with Gasteiger partial charge in [-0.25, -0.2) is 17.6 Å². The first kappa shape index (κ1) is 16.6. The SMILES string of the molecule is N=S(c1ccccc1)C1C(F)=C(F)C=C(F)C1(F)c1ccncc1. The van der Waals surface area contributed by atoms with E-state index in [1.165, 1.54) is 36.7 Å². The molecular weight excluding hydrogens is 340 g/mol. The van der Waals surface area contributed by atoms with Gasteiger partial charge in [0, 0.05) is 28.9 Å². The van der Waals surface area contributed by atoms with Crippen LogP contribution in [0.5, 0.6) is 0 Å². The van der Waals surface area contributed by atoms with Crippen LogP contribution in [0.15, 0.2) is 83.3 Å². The van der Waals surface area contributed by atoms with Gasteiger partial charge in [0.15, 0.2) is 11.7 Å². The summed E-state index contributed by atoms with van der Waals surface area (Å²) in [5.74, 6) is -4.41. The molecule has 0 saturated carbocycles. The Bertz CT molecular complexity index is 836. The Morgan fingerprint density at radius 2 is 1.62 bits per heavy atom. The van der Waals surface area contributed by atoms with E-state index in [9.17, 15) is 13.2 Å². The summed E-state index contributed by atoms with van der Waals surface area (Å²) in [7, 11) is -1.86. The average molecular weight is 352 g/mol. The number of hydrogen-bond acceptors (Lipinski definition) is 2. The molecule has 1 N–H and O–H groups in total. The third kappa shape index (κ3) is 2.58. The van der Waals surface area contributed by atoms with Crippen LogP contribution in [0, 0.1) is 4.78 Å². The highest BCUT2D eigenvalue weighted by Gasteiger charge is 2.53. The summed E-state index contributed by atoms with van der Waals surface area (Å²) in [6.45, 7) is 0. The van der Waals surface area contributed by atoms with Crippen LogP contribution in [0.3, 0.4) is 0 Å². The van der Waals surface area contributed by atoms with Crippen LogP contribution in [0.4, 0.5) is 17.6 Å². The van der Waals surface area contributed by atoms with Crippen LogP contribution in [0.2, 0.25) is 0 Å². The monoisotopic (exact) mass is 352 g/mol. The molecular formula is C17H12F4N2S. The molecule has 0 bridgehead atoms. The lowest BCUT2D eigenvalue weighted by molar-refractivity contribution is 0.163. The summed E-state index contributed by atoms with van der Waals surface area (Å²) in [6.07, 6.45) is 2.67. The predicted molar refractivity (Wildman–Crippen MR) is 84.0 cm³/mol. The van der Waals surface area contributed by atoms with Crippen molar-refractivity contribution in [1.29, 1.82) is 4.78 Å². The summed E-state index contributed by atoms with van der Waals surface area (Å²) in [5.41, 5.74) is -3.18. The van der Waals surface area contributed by atoms with E-state index in [0.717, 1.165) is 0 Å². The van der Waals surface area contributed by atoms with Crippen molar-refractivity contribution in [2.45, 2.75) is 15.8 Å². The molecule has 3 unspecified atom stereocenters. The Labute approximate surface area is 138 Å². The maximum atomic E-state index is 15.7. The van der Waals surface area contributed by atoms with Crippen molar-refractivity contribution in [3.8, 4) is 0 Å². The first-order valence-electron chi connectivity index (χ1n) is 6.98. The zero-order valence-corrected chi connectivity index (χ0v) is 13.0. The molecule has 0 fully saturated rings. The van der Waals surface area contributed by atoms with Gasteiger partial charge in [0.25, 0.3) is 0 Å². The van der Waals surface area contributed by atoms with Gasteiger partial charge in [-0.3, -0.25) is 9.76 Å². The number of rotatable bonds is 3. The molecule has 1 aromatic carbocycles. The van der Waals surface area contributed by atoms with Crippen molar-refractivity contribution in [3.63, 3.8) is 0 Å². The van der Waals surface area contributed by atoms with E-state index < -0.39 is 39.1 Å². The molecule has 3 rings (SSSR count). The molecule has 0 amide bonds. The van der Waals surface area contributed by atoms with E-state index in [1.807, 2.05) is 0 Å². The summed E-state index contributed by atoms with van der Waals surface area (Å²) in [5, 5.41) is -1.95. The number of hydrogen-bond donors (Lipinski definition) is 1. The molecule has 0 radical (unpaired) electrons. The summed E-state index contributed by atoms with van der Waals surface area (Å²) < 4.78 is 66.6. The van der Waals surface area contributed by atoms with Crippen molar-refractivity contribution in [3.05, 3.63) is 84.0 Å². The molecule has 1 heterocycles. The lowest BCUT2D eigenvalue weighted by Crippen LogP contribution is -2.41. The maximum absolute atomic E-state index is 15.7. The lowest BCUT2D eigenvalue weighted by atomic mass is 9.87. The van der Waals surface area contributed by atoms with Crippen LogP contribution >= 0.6 is 0 Å². The molecule has 1 aliphatic carbocycles. The number of allylic oxidation sites excluding steroid dienone is 3. The molecule has 0 aliphatic heterocycles. The van der Waals surface area contributed by atoms with Crippen LogP contribution < -0.4 is 0 Å². The molecule has 7 heteroatoms. The van der Waals surface area contributed by atoms with Gasteiger partial charge in [-0.05, 0) is 24.3 Å². The standard InChI is InChI=1S/C17H12F4N2S/c18-13-10-14(19)17(21,11-6-8-23-9-7-11)16(15(13)20)24(22)12-4-2-1-3-5-12/h1-10,16,22H. The Morgan fingerprint density at radius 3 is 2.25 bits per heavy atom. The largest absolute Gasteiger partial charge is 0.275 e. The fraction of sp³-hybridized carbons (Fsp3) is 0.118. The summed E-state index contributed by atoms with van der Waals surface area (Å²) in [4.78, 5) is 4.01. The summed E-state index contributed by atoms with van der Waals surface area (Å²) in [6, 6.07) is 10.3. The van der Waals surface area contributed by atoms with E-state index in [0.29, 0.717) is 0 Å². The number of alkyl halides is 1. The molecule has 24 heavy (non-hydrogen) atoms. The number of nitrogens with zero attached hydrogens (tertiary/aromatic N) is 1. The van der Waals surface area contributed by atoms with Gasteiger partial charge in [0.05, 0.1) is 0 Å². The third-order valence-corrected chi connectivity index (χ3v) is 5.54. The Morgan fingerprint density at radius 1 is 1.00 bits per heavy atom. The van der Waals surface area contributed by atoms with E-state index in [-0.39, 0.29) is 16.5 Å². The van der Waals surface area contributed by atoms with Crippen LogP contribution in [-0.4, -0.2) is 10.2 Å². The first-order valence-corrected chi connectivity index (χ1v) is 8.26. The minimum atomic E-state index is -2.97. The highest BCUT2D eigenvalue weighted by atomic mass is 32.2. The Balaban J connectivity index is 2.19. The molecule has 124 valence electrons. The minimum Gasteiger partial charge on any atom is -0.275 e. The normalized spacial score (nSPS) is 25.3. The van der Waals surface area contributed by atoms with Crippen molar-refractivity contribution in [2.24, 2.45) is 0 Å². The molecule has 1 aliphatic rings. The predicted octanol–water partition coefficient (Wildman–Crippen LogP) is 5.07. The molecule has 1 aromatic heterocycles. The number of pyridine rings is 1. The van der Waals surface area contributed by atoms with Gasteiger partial charge >= 0.3 is 0 Å². The first-order chi connectivity index (χ1) is 11.5. The second-order valence-corrected chi connectivity index (χ2v) is 6.78. The average Bonchev–Trinajstić information content (AvgIpc) is 2.61. The van der Waals surface area contributed by atoms with Crippen molar-refractivity contribution in [2.75, 3.05) is 0 Å². The fourth-order valence-electron chi connectivity index (χ4n) is 2.56. The minimum absolute atomic E-state index is 0.203. The molecule has 3 atom stereocenters. The second kappa shape index (κ2) is 6.32. The van der Waals surface area contributed by atoms with Crippen LogP contribution in [0.25, 0.3) is 0 Å². The quantitative estimate of drug-likeness (QED) is 0.769. The highest BCUT2D eigenvalue weighted by Crippen LogP contribution is 2.48. The lowest BCUT2D eigenvalue weighted by Gasteiger charge is -2.35. The number of nitrogens with one attached hydrogen (secondary N) is 1. The highest BCUT2D eigenvalue weighted by molar-refractivity contribution is 7.87. The number of aromatic nitrogens is 1. The van der Waals surface area contributed by atoms with Gasteiger partial charge in [-0.1, -0.05) is 28.9 Å². The van der Waals surface area contributed by atoms with Crippen LogP contribution in [0.1, 0.15) is 5.56 Å². The molecule has 0 spiro atoms. The second-order valence-electron chi connectivity index (χ2n) is 5.17. The van der Waals surface area contributed by atoms with E-state index in [4.69, 9.17) is 4.78 Å². The van der Waals surface area contributed by atoms with E-state index in [2.05, 4.69) is 4.98 Å². The van der Waals surface area contributed by atoms with Crippen molar-refractivity contribution in [1.82, 2.24) is 4.98 Å². The third-order valence-electron chi connectivity index (χ3n) is 3.75. The van der Waals surface area contributed by atoms with Gasteiger partial charge in [0.2, 0.25) is 5.67 Å². The maximum Gasteiger partial charge on any atom is 0.206 e. The number of halogens is 4. The van der Waals surface area contributed by atoms with Gasteiger partial charge < -0.3 is 0 Å². The smallest absolute Gasteiger partial charge is 0.206 e. The van der Waals surface area contributed by atoms with Crippen molar-refractivity contribution >= 4 is 10.7 Å². The molecule has 2 nitrogen and oxygen atoms in total. The van der Waals surface area contributed by atoms with Gasteiger partial charge in [-0.2, -0.15) is 0 Å². The topological polar surface area (TPSA) is 36.7 Å². The fourth-order valence-corrected chi connectivity index (χ4v) is 4.18. The summed E-state index contributed by atoms with van der Waals surface area (Å²) >= 11 is 0. The number of benzene rings is 1. The van der Waals surface area contributed by atoms with Crippen LogP contribution in [-0.2, 0) is 16.4 Å². The molecule has 2 aromatic rings. The van der Waals surface area contributed by atoms with Gasteiger partial charge in [0.1, 0.15) is 11.1 Å².